The number of halogens is 1. The Bertz CT molecular complexity index is 1470. The first-order valence-electron chi connectivity index (χ1n) is 13.7. The topological polar surface area (TPSA) is 105 Å². The van der Waals surface area contributed by atoms with E-state index in [1.807, 2.05) is 26.8 Å². The molecule has 3 rings (SSSR count). The van der Waals surface area contributed by atoms with Gasteiger partial charge in [0.15, 0.2) is 0 Å². The number of sulfonamides is 1. The summed E-state index contributed by atoms with van der Waals surface area (Å²) in [6.45, 7) is 5.10. The summed E-state index contributed by atoms with van der Waals surface area (Å²) in [5.74, 6) is -0.0899. The third-order valence-corrected chi connectivity index (χ3v) is 8.90. The van der Waals surface area contributed by atoms with Crippen LogP contribution in [0.1, 0.15) is 39.2 Å². The minimum atomic E-state index is -4.26. The van der Waals surface area contributed by atoms with E-state index in [1.54, 1.807) is 49.6 Å². The molecule has 0 unspecified atom stereocenters. The summed E-state index contributed by atoms with van der Waals surface area (Å²) >= 11 is 6.29. The number of nitrogens with zero attached hydrogens (tertiary/aromatic N) is 2. The van der Waals surface area contributed by atoms with Crippen LogP contribution in [-0.2, 0) is 26.2 Å². The van der Waals surface area contributed by atoms with Crippen LogP contribution in [0.25, 0.3) is 0 Å². The zero-order valence-electron chi connectivity index (χ0n) is 24.5. The predicted octanol–water partition coefficient (Wildman–Crippen LogP) is 5.27. The number of rotatable bonds is 14. The number of carbonyl (C=O) groups excluding carboxylic acids is 2. The minimum Gasteiger partial charge on any atom is -0.497 e. The Kier molecular flexibility index (Phi) is 11.6. The van der Waals surface area contributed by atoms with Crippen LogP contribution in [0.3, 0.4) is 0 Å². The Morgan fingerprint density at radius 2 is 1.64 bits per heavy atom. The zero-order chi connectivity index (χ0) is 30.9. The first-order chi connectivity index (χ1) is 20.0. The van der Waals surface area contributed by atoms with Gasteiger partial charge in [-0.2, -0.15) is 0 Å². The van der Waals surface area contributed by atoms with Crippen molar-refractivity contribution in [1.82, 2.24) is 10.2 Å². The van der Waals surface area contributed by atoms with E-state index in [0.29, 0.717) is 18.6 Å². The van der Waals surface area contributed by atoms with E-state index in [0.717, 1.165) is 9.87 Å². The molecule has 0 aliphatic rings. The minimum absolute atomic E-state index is 0.0132. The molecule has 9 nitrogen and oxygen atoms in total. The molecule has 0 aromatic heterocycles. The van der Waals surface area contributed by atoms with Gasteiger partial charge in [0.25, 0.3) is 10.0 Å². The second-order valence-corrected chi connectivity index (χ2v) is 12.1. The highest BCUT2D eigenvalue weighted by Gasteiger charge is 2.35. The molecule has 0 spiro atoms. The molecule has 0 saturated heterocycles. The maximum absolute atomic E-state index is 14.2. The van der Waals surface area contributed by atoms with Crippen molar-refractivity contribution in [3.05, 3.63) is 83.4 Å². The number of methoxy groups -OCH3 is 2. The SMILES string of the molecule is CC[C@H](C)NC(=O)[C@H](CC)N(Cc1cccc(OC)c1)C(=O)CN(c1cc(Cl)ccc1OC)S(=O)(=O)c1ccccc1. The highest BCUT2D eigenvalue weighted by atomic mass is 35.5. The molecule has 3 aromatic carbocycles. The van der Waals surface area contributed by atoms with Crippen LogP contribution >= 0.6 is 11.6 Å². The Balaban J connectivity index is 2.12. The molecule has 226 valence electrons. The molecule has 0 fully saturated rings. The largest absolute Gasteiger partial charge is 0.497 e. The summed E-state index contributed by atoms with van der Waals surface area (Å²) < 4.78 is 39.9. The van der Waals surface area contributed by atoms with Crippen molar-refractivity contribution in [3.63, 3.8) is 0 Å². The standard InChI is InChI=1S/C31H38ClN3O6S/c1-6-22(3)33-31(37)27(7-2)34(20-23-12-11-13-25(18-23)40-4)30(36)21-35(28-19-24(32)16-17-29(28)41-5)42(38,39)26-14-9-8-10-15-26/h8-19,22,27H,6-7,20-21H2,1-5H3,(H,33,37)/t22-,27-/m0/s1. The maximum atomic E-state index is 14.2. The summed E-state index contributed by atoms with van der Waals surface area (Å²) in [4.78, 5) is 29.1. The highest BCUT2D eigenvalue weighted by molar-refractivity contribution is 7.92. The van der Waals surface area contributed by atoms with Crippen LogP contribution in [0.5, 0.6) is 11.5 Å². The van der Waals surface area contributed by atoms with E-state index >= 15 is 0 Å². The molecular formula is C31H38ClN3O6S. The molecule has 42 heavy (non-hydrogen) atoms. The second kappa shape index (κ2) is 14.9. The van der Waals surface area contributed by atoms with Crippen LogP contribution in [0, 0.1) is 0 Å². The molecule has 1 N–H and O–H groups in total. The van der Waals surface area contributed by atoms with E-state index < -0.39 is 28.5 Å². The number of ether oxygens (including phenoxy) is 2. The molecule has 0 aliphatic carbocycles. The predicted molar refractivity (Wildman–Crippen MR) is 164 cm³/mol. The van der Waals surface area contributed by atoms with Gasteiger partial charge >= 0.3 is 0 Å². The van der Waals surface area contributed by atoms with E-state index in [9.17, 15) is 18.0 Å². The van der Waals surface area contributed by atoms with Gasteiger partial charge in [0.1, 0.15) is 24.1 Å². The van der Waals surface area contributed by atoms with Crippen molar-refractivity contribution in [1.29, 1.82) is 0 Å². The molecule has 0 radical (unpaired) electrons. The van der Waals surface area contributed by atoms with Gasteiger partial charge < -0.3 is 19.7 Å². The second-order valence-electron chi connectivity index (χ2n) is 9.76. The Hall–Kier alpha value is -3.76. The van der Waals surface area contributed by atoms with Crippen molar-refractivity contribution in [2.75, 3.05) is 25.1 Å². The average Bonchev–Trinajstić information content (AvgIpc) is 2.99. The van der Waals surface area contributed by atoms with Gasteiger partial charge in [-0.3, -0.25) is 13.9 Å². The quantitative estimate of drug-likeness (QED) is 0.265. The van der Waals surface area contributed by atoms with Gasteiger partial charge in [0, 0.05) is 17.6 Å². The van der Waals surface area contributed by atoms with Crippen LogP contribution < -0.4 is 19.1 Å². The summed E-state index contributed by atoms with van der Waals surface area (Å²) in [7, 11) is -1.32. The lowest BCUT2D eigenvalue weighted by Crippen LogP contribution is -2.53. The molecule has 2 atom stereocenters. The number of benzene rings is 3. The number of hydrogen-bond donors (Lipinski definition) is 1. The van der Waals surface area contributed by atoms with E-state index in [1.165, 1.54) is 36.3 Å². The first kappa shape index (κ1) is 32.8. The molecule has 2 amide bonds. The van der Waals surface area contributed by atoms with Crippen LogP contribution in [0.2, 0.25) is 5.02 Å². The molecule has 0 saturated carbocycles. The van der Waals surface area contributed by atoms with Crippen LogP contribution in [-0.4, -0.2) is 58.0 Å². The number of anilines is 1. The lowest BCUT2D eigenvalue weighted by Gasteiger charge is -2.34. The van der Waals surface area contributed by atoms with Crippen molar-refractivity contribution in [2.45, 2.75) is 57.1 Å². The van der Waals surface area contributed by atoms with E-state index in [2.05, 4.69) is 5.32 Å². The Morgan fingerprint density at radius 1 is 0.929 bits per heavy atom. The highest BCUT2D eigenvalue weighted by Crippen LogP contribution is 2.35. The average molecular weight is 616 g/mol. The first-order valence-corrected chi connectivity index (χ1v) is 15.5. The van der Waals surface area contributed by atoms with E-state index in [4.69, 9.17) is 21.1 Å². The third kappa shape index (κ3) is 7.95. The smallest absolute Gasteiger partial charge is 0.264 e. The maximum Gasteiger partial charge on any atom is 0.264 e. The molecule has 11 heteroatoms. The molecule has 0 heterocycles. The number of carbonyl (C=O) groups is 2. The molecule has 0 aliphatic heterocycles. The number of amides is 2. The van der Waals surface area contributed by atoms with Crippen molar-refractivity contribution in [3.8, 4) is 11.5 Å². The van der Waals surface area contributed by atoms with Gasteiger partial charge in [-0.05, 0) is 67.8 Å². The zero-order valence-corrected chi connectivity index (χ0v) is 26.1. The Labute approximate surface area is 253 Å². The summed E-state index contributed by atoms with van der Waals surface area (Å²) in [5.41, 5.74) is 0.816. The third-order valence-electron chi connectivity index (χ3n) is 6.89. The normalized spacial score (nSPS) is 12.6. The van der Waals surface area contributed by atoms with Gasteiger partial charge in [-0.25, -0.2) is 8.42 Å². The molecule has 3 aromatic rings. The summed E-state index contributed by atoms with van der Waals surface area (Å²) in [5, 5.41) is 3.23. The number of nitrogens with one attached hydrogen (secondary N) is 1. The number of hydrogen-bond acceptors (Lipinski definition) is 6. The lowest BCUT2D eigenvalue weighted by atomic mass is 10.1. The summed E-state index contributed by atoms with van der Waals surface area (Å²) in [6, 6.07) is 18.6. The van der Waals surface area contributed by atoms with Crippen LogP contribution in [0.15, 0.2) is 77.7 Å². The van der Waals surface area contributed by atoms with Crippen molar-refractivity contribution >= 4 is 39.1 Å². The lowest BCUT2D eigenvalue weighted by molar-refractivity contribution is -0.140. The fourth-order valence-electron chi connectivity index (χ4n) is 4.42. The van der Waals surface area contributed by atoms with Crippen molar-refractivity contribution < 1.29 is 27.5 Å². The fraction of sp³-hybridized carbons (Fsp3) is 0.355. The Morgan fingerprint density at radius 3 is 2.26 bits per heavy atom. The molecule has 0 bridgehead atoms. The van der Waals surface area contributed by atoms with Crippen LogP contribution in [0.4, 0.5) is 5.69 Å². The fourth-order valence-corrected chi connectivity index (χ4v) is 6.02. The van der Waals surface area contributed by atoms with Gasteiger partial charge in [0.2, 0.25) is 11.8 Å². The van der Waals surface area contributed by atoms with Gasteiger partial charge in [-0.15, -0.1) is 0 Å². The van der Waals surface area contributed by atoms with Crippen molar-refractivity contribution in [2.24, 2.45) is 0 Å². The van der Waals surface area contributed by atoms with E-state index in [-0.39, 0.29) is 39.8 Å². The van der Waals surface area contributed by atoms with Gasteiger partial charge in [0.05, 0.1) is 24.8 Å². The molecular weight excluding hydrogens is 578 g/mol. The van der Waals surface area contributed by atoms with Gasteiger partial charge in [-0.1, -0.05) is 55.8 Å². The summed E-state index contributed by atoms with van der Waals surface area (Å²) in [6.07, 6.45) is 1.02. The monoisotopic (exact) mass is 615 g/mol.